The second kappa shape index (κ2) is 13.7. The van der Waals surface area contributed by atoms with Gasteiger partial charge in [0, 0.05) is 59.6 Å². The first-order chi connectivity index (χ1) is 13.2. The number of piperidine rings is 1. The summed E-state index contributed by atoms with van der Waals surface area (Å²) in [6.07, 6.45) is 3.26. The van der Waals surface area contributed by atoms with E-state index in [1.165, 1.54) is 0 Å². The quantitative estimate of drug-likeness (QED) is 0.246. The molecule has 28 heavy (non-hydrogen) atoms. The third-order valence-electron chi connectivity index (χ3n) is 4.67. The van der Waals surface area contributed by atoms with E-state index in [1.807, 2.05) is 24.3 Å². The third-order valence-corrected chi connectivity index (χ3v) is 4.67. The van der Waals surface area contributed by atoms with Gasteiger partial charge in [0.15, 0.2) is 5.96 Å². The number of amides is 1. The zero-order chi connectivity index (χ0) is 19.5. The molecule has 1 amide bonds. The zero-order valence-corrected chi connectivity index (χ0v) is 19.4. The standard InChI is InChI=1S/C20H32N4O3.HI/c1-21-19(25)17-7-4-6-16(14-17)15-23-20(22-2)24-10-8-18(9-11-24)27-13-5-12-26-3;/h4,6-7,14,18H,5,8-13,15H2,1-3H3,(H,21,25)(H,22,23);1H. The Morgan fingerprint density at radius 3 is 2.68 bits per heavy atom. The highest BCUT2D eigenvalue weighted by molar-refractivity contribution is 14.0. The maximum atomic E-state index is 11.8. The van der Waals surface area contributed by atoms with Crippen LogP contribution in [0, 0.1) is 0 Å². The number of guanidine groups is 1. The molecule has 2 rings (SSSR count). The fraction of sp³-hybridized carbons (Fsp3) is 0.600. The number of carbonyl (C=O) groups excluding carboxylic acids is 1. The molecule has 8 heteroatoms. The zero-order valence-electron chi connectivity index (χ0n) is 17.1. The van der Waals surface area contributed by atoms with Crippen molar-refractivity contribution < 1.29 is 14.3 Å². The molecule has 1 aromatic rings. The van der Waals surface area contributed by atoms with Gasteiger partial charge >= 0.3 is 0 Å². The number of likely N-dealkylation sites (tertiary alicyclic amines) is 1. The molecule has 0 bridgehead atoms. The summed E-state index contributed by atoms with van der Waals surface area (Å²) in [6, 6.07) is 7.62. The van der Waals surface area contributed by atoms with Crippen LogP contribution in [0.25, 0.3) is 0 Å². The van der Waals surface area contributed by atoms with Gasteiger partial charge in [0.2, 0.25) is 0 Å². The van der Waals surface area contributed by atoms with Gasteiger partial charge < -0.3 is 25.0 Å². The molecule has 0 aromatic heterocycles. The number of hydrogen-bond acceptors (Lipinski definition) is 4. The molecule has 1 aromatic carbocycles. The summed E-state index contributed by atoms with van der Waals surface area (Å²) in [7, 11) is 5.16. The smallest absolute Gasteiger partial charge is 0.251 e. The van der Waals surface area contributed by atoms with Gasteiger partial charge in [-0.05, 0) is 37.0 Å². The molecule has 1 aliphatic heterocycles. The first kappa shape index (κ1) is 24.6. The van der Waals surface area contributed by atoms with Crippen LogP contribution in [0.3, 0.4) is 0 Å². The van der Waals surface area contributed by atoms with Gasteiger partial charge in [0.1, 0.15) is 0 Å². The van der Waals surface area contributed by atoms with Crippen LogP contribution in [0.4, 0.5) is 0 Å². The fourth-order valence-corrected chi connectivity index (χ4v) is 3.17. The molecule has 1 fully saturated rings. The third kappa shape index (κ3) is 7.92. The normalized spacial score (nSPS) is 15.1. The molecular weight excluding hydrogens is 471 g/mol. The highest BCUT2D eigenvalue weighted by Crippen LogP contribution is 2.14. The number of hydrogen-bond donors (Lipinski definition) is 2. The highest BCUT2D eigenvalue weighted by atomic mass is 127. The molecule has 0 radical (unpaired) electrons. The van der Waals surface area contributed by atoms with Crippen LogP contribution >= 0.6 is 24.0 Å². The lowest BCUT2D eigenvalue weighted by molar-refractivity contribution is 0.00989. The molecule has 1 saturated heterocycles. The van der Waals surface area contributed by atoms with E-state index in [-0.39, 0.29) is 29.9 Å². The second-order valence-electron chi connectivity index (χ2n) is 6.58. The van der Waals surface area contributed by atoms with Crippen LogP contribution in [-0.2, 0) is 16.0 Å². The van der Waals surface area contributed by atoms with Gasteiger partial charge in [-0.15, -0.1) is 24.0 Å². The van der Waals surface area contributed by atoms with Crippen LogP contribution in [0.1, 0.15) is 35.2 Å². The lowest BCUT2D eigenvalue weighted by Crippen LogP contribution is -2.46. The maximum absolute atomic E-state index is 11.8. The van der Waals surface area contributed by atoms with E-state index in [4.69, 9.17) is 9.47 Å². The van der Waals surface area contributed by atoms with E-state index in [1.54, 1.807) is 21.2 Å². The average Bonchev–Trinajstić information content (AvgIpc) is 2.72. The molecule has 1 heterocycles. The predicted octanol–water partition coefficient (Wildman–Crippen LogP) is 2.26. The van der Waals surface area contributed by atoms with Crippen LogP contribution < -0.4 is 10.6 Å². The number of rotatable bonds is 8. The van der Waals surface area contributed by atoms with Crippen molar-refractivity contribution in [2.75, 3.05) is 47.5 Å². The largest absolute Gasteiger partial charge is 0.385 e. The van der Waals surface area contributed by atoms with E-state index >= 15 is 0 Å². The molecule has 2 N–H and O–H groups in total. The first-order valence-corrected chi connectivity index (χ1v) is 9.55. The van der Waals surface area contributed by atoms with Gasteiger partial charge in [-0.2, -0.15) is 0 Å². The molecule has 0 spiro atoms. The van der Waals surface area contributed by atoms with E-state index in [9.17, 15) is 4.79 Å². The molecule has 0 saturated carbocycles. The monoisotopic (exact) mass is 504 g/mol. The van der Waals surface area contributed by atoms with Crippen molar-refractivity contribution in [1.29, 1.82) is 0 Å². The summed E-state index contributed by atoms with van der Waals surface area (Å²) in [6.45, 7) is 3.98. The maximum Gasteiger partial charge on any atom is 0.251 e. The number of aliphatic imine (C=N–C) groups is 1. The number of nitrogens with one attached hydrogen (secondary N) is 2. The Labute approximate surface area is 185 Å². The van der Waals surface area contributed by atoms with Crippen LogP contribution in [0.5, 0.6) is 0 Å². The van der Waals surface area contributed by atoms with E-state index in [0.29, 0.717) is 18.2 Å². The van der Waals surface area contributed by atoms with Gasteiger partial charge in [0.05, 0.1) is 6.10 Å². The van der Waals surface area contributed by atoms with E-state index in [2.05, 4.69) is 20.5 Å². The van der Waals surface area contributed by atoms with E-state index < -0.39 is 0 Å². The van der Waals surface area contributed by atoms with Gasteiger partial charge in [-0.3, -0.25) is 9.79 Å². The Bertz CT molecular complexity index is 619. The summed E-state index contributed by atoms with van der Waals surface area (Å²) in [4.78, 5) is 18.4. The molecular formula is C20H33IN4O3. The lowest BCUT2D eigenvalue weighted by Gasteiger charge is -2.34. The second-order valence-corrected chi connectivity index (χ2v) is 6.58. The van der Waals surface area contributed by atoms with E-state index in [0.717, 1.165) is 57.1 Å². The first-order valence-electron chi connectivity index (χ1n) is 9.55. The fourth-order valence-electron chi connectivity index (χ4n) is 3.17. The van der Waals surface area contributed by atoms with Crippen molar-refractivity contribution in [2.45, 2.75) is 31.9 Å². The summed E-state index contributed by atoms with van der Waals surface area (Å²) < 4.78 is 11.0. The Morgan fingerprint density at radius 1 is 1.29 bits per heavy atom. The van der Waals surface area contributed by atoms with Crippen molar-refractivity contribution >= 4 is 35.8 Å². The summed E-state index contributed by atoms with van der Waals surface area (Å²) in [5, 5.41) is 6.05. The van der Waals surface area contributed by atoms with Crippen LogP contribution in [0.15, 0.2) is 29.3 Å². The van der Waals surface area contributed by atoms with Crippen LogP contribution in [-0.4, -0.2) is 70.4 Å². The molecule has 0 aliphatic carbocycles. The number of ether oxygens (including phenoxy) is 2. The van der Waals surface area contributed by atoms with Gasteiger partial charge in [0.25, 0.3) is 5.91 Å². The Morgan fingerprint density at radius 2 is 2.04 bits per heavy atom. The Hall–Kier alpha value is -1.39. The minimum Gasteiger partial charge on any atom is -0.385 e. The number of benzene rings is 1. The number of carbonyl (C=O) groups is 1. The predicted molar refractivity (Wildman–Crippen MR) is 122 cm³/mol. The topological polar surface area (TPSA) is 75.2 Å². The van der Waals surface area contributed by atoms with Crippen molar-refractivity contribution in [3.63, 3.8) is 0 Å². The Balaban J connectivity index is 0.00000392. The number of methoxy groups -OCH3 is 1. The molecule has 0 unspecified atom stereocenters. The molecule has 158 valence electrons. The molecule has 7 nitrogen and oxygen atoms in total. The van der Waals surface area contributed by atoms with Crippen molar-refractivity contribution in [2.24, 2.45) is 4.99 Å². The minimum absolute atomic E-state index is 0. The molecule has 0 atom stereocenters. The van der Waals surface area contributed by atoms with Gasteiger partial charge in [-0.25, -0.2) is 0 Å². The summed E-state index contributed by atoms with van der Waals surface area (Å²) in [5.41, 5.74) is 1.71. The van der Waals surface area contributed by atoms with Crippen LogP contribution in [0.2, 0.25) is 0 Å². The number of halogens is 1. The summed E-state index contributed by atoms with van der Waals surface area (Å²) >= 11 is 0. The average molecular weight is 504 g/mol. The Kier molecular flexibility index (Phi) is 12.1. The SMILES string of the molecule is CN=C(NCc1cccc(C(=O)NC)c1)N1CCC(OCCCOC)CC1.I. The van der Waals surface area contributed by atoms with Crippen molar-refractivity contribution in [1.82, 2.24) is 15.5 Å². The lowest BCUT2D eigenvalue weighted by atomic mass is 10.1. The minimum atomic E-state index is -0.0752. The van der Waals surface area contributed by atoms with Crippen molar-refractivity contribution in [3.8, 4) is 0 Å². The highest BCUT2D eigenvalue weighted by Gasteiger charge is 2.21. The van der Waals surface area contributed by atoms with Crippen molar-refractivity contribution in [3.05, 3.63) is 35.4 Å². The van der Waals surface area contributed by atoms with Gasteiger partial charge in [-0.1, -0.05) is 12.1 Å². The number of nitrogens with zero attached hydrogens (tertiary/aromatic N) is 2. The summed E-state index contributed by atoms with van der Waals surface area (Å²) in [5.74, 6) is 0.812. The molecule has 1 aliphatic rings.